The van der Waals surface area contributed by atoms with E-state index in [9.17, 15) is 4.79 Å². The predicted octanol–water partition coefficient (Wildman–Crippen LogP) is 8.38. The summed E-state index contributed by atoms with van der Waals surface area (Å²) in [5.41, 5.74) is 21.7. The highest BCUT2D eigenvalue weighted by Gasteiger charge is 2.26. The Kier molecular flexibility index (Phi) is 19.6. The van der Waals surface area contributed by atoms with E-state index in [-0.39, 0.29) is 49.3 Å². The molecule has 66 heavy (non-hydrogen) atoms. The molecule has 14 nitrogen and oxygen atoms in total. The molecular formula is C50H63Cl2N11O3. The molecule has 1 amide bonds. The standard InChI is InChI=1S/C50H61N11O3.2ClH/c1-35(2)27-30-63-45-25-22-37-15-6-8-18-42(37)47(45)48-43-19-9-7-16-38(43)23-26-46(48)64-34-41-32-60(58-57-41)31-39(17-10-11-28-51)55-49(62)44(20-12-29-54-50(52)53)61-33-40(56-59-61)24-21-36-13-4-3-5-14-36;;/h3-9,13-16,18-19,22-23,25-26,32-33,35,39,44H,10-12,17,20-21,24,27-31,34,51H2,1-2H3,(H,55,62)(H4,52,53,54);2*1H/t39-,44-;;/m1../s1. The van der Waals surface area contributed by atoms with Crippen LogP contribution in [-0.4, -0.2) is 67.6 Å². The van der Waals surface area contributed by atoms with Crippen molar-refractivity contribution in [1.29, 1.82) is 0 Å². The maximum atomic E-state index is 14.2. The van der Waals surface area contributed by atoms with E-state index in [0.29, 0.717) is 69.3 Å². The van der Waals surface area contributed by atoms with Crippen molar-refractivity contribution in [2.24, 2.45) is 28.1 Å². The highest BCUT2D eigenvalue weighted by molar-refractivity contribution is 6.09. The molecule has 0 unspecified atom stereocenters. The minimum Gasteiger partial charge on any atom is -0.493 e. The van der Waals surface area contributed by atoms with Crippen LogP contribution in [0, 0.1) is 5.92 Å². The number of nitrogens with one attached hydrogen (secondary N) is 1. The van der Waals surface area contributed by atoms with Gasteiger partial charge in [0.05, 0.1) is 25.0 Å². The molecule has 7 N–H and O–H groups in total. The van der Waals surface area contributed by atoms with Crippen molar-refractivity contribution in [1.82, 2.24) is 35.3 Å². The first-order valence-electron chi connectivity index (χ1n) is 22.4. The number of aromatic nitrogens is 6. The Labute approximate surface area is 399 Å². The van der Waals surface area contributed by atoms with E-state index in [1.54, 1.807) is 9.36 Å². The SMILES string of the molecule is CC(C)CCOc1ccc2ccccc2c1-c1c(OCc2cn(C[C@@H](CCCCN)NC(=O)[C@@H](CCCN=C(N)N)n3cc(CCc4ccccc4)nn3)nn2)ccc2ccccc12.Cl.Cl. The summed E-state index contributed by atoms with van der Waals surface area (Å²) >= 11 is 0. The Morgan fingerprint density at radius 1 is 0.712 bits per heavy atom. The second-order valence-electron chi connectivity index (χ2n) is 16.7. The number of nitrogens with two attached hydrogens (primary N) is 3. The van der Waals surface area contributed by atoms with Crippen LogP contribution < -0.4 is 32.0 Å². The van der Waals surface area contributed by atoms with Crippen molar-refractivity contribution in [2.45, 2.75) is 90.4 Å². The van der Waals surface area contributed by atoms with Gasteiger partial charge in [-0.2, -0.15) is 0 Å². The Bertz CT molecular complexity index is 2610. The molecule has 5 aromatic carbocycles. The van der Waals surface area contributed by atoms with Gasteiger partial charge in [-0.1, -0.05) is 122 Å². The van der Waals surface area contributed by atoms with Crippen molar-refractivity contribution < 1.29 is 14.3 Å². The van der Waals surface area contributed by atoms with Crippen LogP contribution in [0.5, 0.6) is 11.5 Å². The van der Waals surface area contributed by atoms with Crippen LogP contribution in [0.15, 0.2) is 121 Å². The summed E-state index contributed by atoms with van der Waals surface area (Å²) in [5, 5.41) is 25.5. The van der Waals surface area contributed by atoms with Gasteiger partial charge in [-0.15, -0.1) is 35.0 Å². The van der Waals surface area contributed by atoms with Gasteiger partial charge in [-0.05, 0) is 96.6 Å². The summed E-state index contributed by atoms with van der Waals surface area (Å²) in [6, 6.07) is 34.4. The lowest BCUT2D eigenvalue weighted by Gasteiger charge is -2.23. The number of nitrogens with zero attached hydrogens (tertiary/aromatic N) is 7. The van der Waals surface area contributed by atoms with Crippen molar-refractivity contribution in [3.63, 3.8) is 0 Å². The molecule has 2 aromatic heterocycles. The van der Waals surface area contributed by atoms with Gasteiger partial charge in [-0.3, -0.25) is 14.5 Å². The number of aliphatic imine (C=N–C) groups is 1. The van der Waals surface area contributed by atoms with Gasteiger partial charge in [0.1, 0.15) is 29.8 Å². The molecule has 0 saturated carbocycles. The zero-order valence-corrected chi connectivity index (χ0v) is 39.4. The molecular weight excluding hydrogens is 874 g/mol. The summed E-state index contributed by atoms with van der Waals surface area (Å²) in [4.78, 5) is 18.3. The maximum absolute atomic E-state index is 14.2. The number of carbonyl (C=O) groups is 1. The van der Waals surface area contributed by atoms with Gasteiger partial charge < -0.3 is 32.0 Å². The van der Waals surface area contributed by atoms with Crippen LogP contribution in [0.2, 0.25) is 0 Å². The minimum atomic E-state index is -0.622. The highest BCUT2D eigenvalue weighted by Crippen LogP contribution is 2.45. The van der Waals surface area contributed by atoms with E-state index in [4.69, 9.17) is 26.7 Å². The average Bonchev–Trinajstić information content (AvgIpc) is 3.97. The number of aryl methyl sites for hydroxylation is 2. The lowest BCUT2D eigenvalue weighted by Crippen LogP contribution is -2.42. The Morgan fingerprint density at radius 2 is 1.36 bits per heavy atom. The Morgan fingerprint density at radius 3 is 2.03 bits per heavy atom. The fraction of sp³-hybridized carbons (Fsp3) is 0.360. The third kappa shape index (κ3) is 13.9. The number of rotatable bonds is 24. The van der Waals surface area contributed by atoms with Gasteiger partial charge >= 0.3 is 0 Å². The largest absolute Gasteiger partial charge is 0.493 e. The molecule has 16 heteroatoms. The number of unbranched alkanes of at least 4 members (excludes halogenated alkanes) is 1. The number of benzene rings is 5. The number of hydrogen-bond acceptors (Lipinski definition) is 9. The van der Waals surface area contributed by atoms with Crippen molar-refractivity contribution >= 4 is 58.2 Å². The summed E-state index contributed by atoms with van der Waals surface area (Å²) in [5.74, 6) is 1.89. The van der Waals surface area contributed by atoms with E-state index in [1.807, 2.05) is 42.7 Å². The number of halogens is 2. The molecule has 0 fully saturated rings. The monoisotopic (exact) mass is 935 g/mol. The molecule has 350 valence electrons. The number of carbonyl (C=O) groups excluding carboxylic acids is 1. The van der Waals surface area contributed by atoms with E-state index in [0.717, 1.165) is 69.8 Å². The summed E-state index contributed by atoms with van der Waals surface area (Å²) < 4.78 is 16.7. The van der Waals surface area contributed by atoms with E-state index in [1.165, 1.54) is 5.56 Å². The second-order valence-corrected chi connectivity index (χ2v) is 16.7. The third-order valence-electron chi connectivity index (χ3n) is 11.3. The zero-order valence-electron chi connectivity index (χ0n) is 37.8. The molecule has 0 spiro atoms. The summed E-state index contributed by atoms with van der Waals surface area (Å²) in [7, 11) is 0. The number of guanidine groups is 1. The normalized spacial score (nSPS) is 12.0. The van der Waals surface area contributed by atoms with Gasteiger partial charge in [0, 0.05) is 29.9 Å². The minimum absolute atomic E-state index is 0. The smallest absolute Gasteiger partial charge is 0.245 e. The van der Waals surface area contributed by atoms with Crippen LogP contribution >= 0.6 is 24.8 Å². The molecule has 7 aromatic rings. The van der Waals surface area contributed by atoms with Crippen LogP contribution in [0.3, 0.4) is 0 Å². The molecule has 0 aliphatic rings. The number of hydrogen-bond donors (Lipinski definition) is 4. The van der Waals surface area contributed by atoms with Crippen LogP contribution in [-0.2, 0) is 30.8 Å². The highest BCUT2D eigenvalue weighted by atomic mass is 35.5. The van der Waals surface area contributed by atoms with E-state index < -0.39 is 6.04 Å². The first-order chi connectivity index (χ1) is 31.2. The van der Waals surface area contributed by atoms with Crippen molar-refractivity contribution in [3.05, 3.63) is 132 Å². The molecule has 0 bridgehead atoms. The lowest BCUT2D eigenvalue weighted by molar-refractivity contribution is -0.125. The Balaban J connectivity index is 0.00000408. The van der Waals surface area contributed by atoms with Gasteiger partial charge in [0.15, 0.2) is 5.96 Å². The van der Waals surface area contributed by atoms with E-state index >= 15 is 0 Å². The average molecular weight is 937 g/mol. The molecule has 0 aliphatic carbocycles. The van der Waals surface area contributed by atoms with Gasteiger partial charge in [-0.25, -0.2) is 4.68 Å². The Hall–Kier alpha value is -6.22. The first-order valence-corrected chi connectivity index (χ1v) is 22.4. The number of fused-ring (bicyclic) bond motifs is 2. The fourth-order valence-electron chi connectivity index (χ4n) is 7.95. The van der Waals surface area contributed by atoms with Crippen LogP contribution in [0.4, 0.5) is 0 Å². The quantitative estimate of drug-likeness (QED) is 0.0259. The topological polar surface area (TPSA) is 199 Å². The van der Waals surface area contributed by atoms with Gasteiger partial charge in [0.2, 0.25) is 5.91 Å². The lowest BCUT2D eigenvalue weighted by atomic mass is 9.92. The zero-order chi connectivity index (χ0) is 44.7. The second kappa shape index (κ2) is 25.5. The molecule has 0 aliphatic heterocycles. The molecule has 2 heterocycles. The summed E-state index contributed by atoms with van der Waals surface area (Å²) in [6.45, 7) is 6.55. The van der Waals surface area contributed by atoms with Crippen molar-refractivity contribution in [3.8, 4) is 22.6 Å². The maximum Gasteiger partial charge on any atom is 0.245 e. The molecule has 0 radical (unpaired) electrons. The van der Waals surface area contributed by atoms with Gasteiger partial charge in [0.25, 0.3) is 0 Å². The number of amides is 1. The number of ether oxygens (including phenoxy) is 2. The third-order valence-corrected chi connectivity index (χ3v) is 11.3. The molecule has 2 atom stereocenters. The first kappa shape index (κ1) is 50.8. The van der Waals surface area contributed by atoms with Crippen molar-refractivity contribution in [2.75, 3.05) is 19.7 Å². The fourth-order valence-corrected chi connectivity index (χ4v) is 7.95. The summed E-state index contributed by atoms with van der Waals surface area (Å²) in [6.07, 6.45) is 9.59. The van der Waals surface area contributed by atoms with E-state index in [2.05, 4.69) is 118 Å². The predicted molar refractivity (Wildman–Crippen MR) is 268 cm³/mol. The molecule has 0 saturated heterocycles. The van der Waals surface area contributed by atoms with Crippen LogP contribution in [0.1, 0.15) is 75.4 Å². The molecule has 7 rings (SSSR count). The van der Waals surface area contributed by atoms with Crippen LogP contribution in [0.25, 0.3) is 32.7 Å².